The van der Waals surface area contributed by atoms with Gasteiger partial charge in [-0.1, -0.05) is 18.2 Å². The minimum absolute atomic E-state index is 0.945. The van der Waals surface area contributed by atoms with Crippen LogP contribution < -0.4 is 10.7 Å². The fourth-order valence-corrected chi connectivity index (χ4v) is 2.97. The molecule has 0 fully saturated rings. The predicted molar refractivity (Wildman–Crippen MR) is 75.4 cm³/mol. The van der Waals surface area contributed by atoms with Gasteiger partial charge in [0, 0.05) is 22.2 Å². The normalized spacial score (nSPS) is 12.8. The average molecular weight is 255 g/mol. The quantitative estimate of drug-likeness (QED) is 0.419. The molecule has 0 spiro atoms. The topological polar surface area (TPSA) is 37.6 Å². The molecule has 1 aromatic heterocycles. The van der Waals surface area contributed by atoms with Gasteiger partial charge >= 0.3 is 0 Å². The van der Waals surface area contributed by atoms with E-state index in [-0.39, 0.29) is 0 Å². The Balaban J connectivity index is 2.08. The largest absolute Gasteiger partial charge is 0.254 e. The fourth-order valence-electron chi connectivity index (χ4n) is 2.97. The average Bonchev–Trinajstić information content (AvgIpc) is 3.04. The van der Waals surface area contributed by atoms with Crippen molar-refractivity contribution in [2.24, 2.45) is 9.98 Å². The monoisotopic (exact) mass is 255 g/mol. The van der Waals surface area contributed by atoms with E-state index in [0.717, 1.165) is 43.8 Å². The minimum atomic E-state index is 0.945. The molecule has 3 aromatic rings. The molecule has 3 heterocycles. The standard InChI is InChI=1S/C17H9N3/c1-2-5-12-10(4-1)15-13(19-12)8-7-11-16-14(20-17(11)15)6-3-9-18-16/h1-9H. The van der Waals surface area contributed by atoms with Crippen molar-refractivity contribution in [3.63, 3.8) is 0 Å². The van der Waals surface area contributed by atoms with Gasteiger partial charge in [0.25, 0.3) is 0 Å². The highest BCUT2D eigenvalue weighted by atomic mass is 14.8. The lowest BCUT2D eigenvalue weighted by Gasteiger charge is -1.97. The highest BCUT2D eigenvalue weighted by molar-refractivity contribution is 5.76. The molecule has 3 heteroatoms. The summed E-state index contributed by atoms with van der Waals surface area (Å²) in [5, 5.41) is 4.33. The zero-order valence-electron chi connectivity index (χ0n) is 10.5. The molecule has 20 heavy (non-hydrogen) atoms. The van der Waals surface area contributed by atoms with Gasteiger partial charge in [0.15, 0.2) is 0 Å². The summed E-state index contributed by atoms with van der Waals surface area (Å²) in [5.41, 5.74) is 4.02. The first-order valence-corrected chi connectivity index (χ1v) is 6.57. The molecule has 5 rings (SSSR count). The number of pyridine rings is 1. The third kappa shape index (κ3) is 1.12. The third-order valence-electron chi connectivity index (χ3n) is 3.84. The van der Waals surface area contributed by atoms with Gasteiger partial charge in [-0.25, -0.2) is 9.98 Å². The van der Waals surface area contributed by atoms with E-state index < -0.39 is 0 Å². The maximum atomic E-state index is 4.76. The number of rotatable bonds is 0. The summed E-state index contributed by atoms with van der Waals surface area (Å²) in [5.74, 6) is 0. The second kappa shape index (κ2) is 3.39. The molecule has 0 aliphatic carbocycles. The molecule has 0 atom stereocenters. The van der Waals surface area contributed by atoms with Crippen molar-refractivity contribution in [3.8, 4) is 11.3 Å². The van der Waals surface area contributed by atoms with Crippen LogP contribution >= 0.6 is 0 Å². The Morgan fingerprint density at radius 2 is 1.70 bits per heavy atom. The van der Waals surface area contributed by atoms with Crippen molar-refractivity contribution in [3.05, 3.63) is 75.9 Å². The van der Waals surface area contributed by atoms with E-state index in [4.69, 9.17) is 4.99 Å². The number of hydrogen-bond acceptors (Lipinski definition) is 3. The zero-order chi connectivity index (χ0) is 13.1. The van der Waals surface area contributed by atoms with E-state index >= 15 is 0 Å². The Bertz CT molecular complexity index is 1100. The van der Waals surface area contributed by atoms with Crippen molar-refractivity contribution < 1.29 is 0 Å². The first-order valence-electron chi connectivity index (χ1n) is 6.57. The van der Waals surface area contributed by atoms with Gasteiger partial charge in [-0.2, -0.15) is 0 Å². The fraction of sp³-hybridized carbons (Fsp3) is 0. The van der Waals surface area contributed by atoms with Gasteiger partial charge in [0.2, 0.25) is 0 Å². The van der Waals surface area contributed by atoms with Crippen LogP contribution in [0.25, 0.3) is 11.3 Å². The van der Waals surface area contributed by atoms with Crippen molar-refractivity contribution >= 4 is 11.4 Å². The van der Waals surface area contributed by atoms with E-state index in [1.807, 2.05) is 36.5 Å². The van der Waals surface area contributed by atoms with Gasteiger partial charge < -0.3 is 0 Å². The number of para-hydroxylation sites is 1. The van der Waals surface area contributed by atoms with Gasteiger partial charge in [0.05, 0.1) is 27.8 Å². The lowest BCUT2D eigenvalue weighted by molar-refractivity contribution is 1.33. The van der Waals surface area contributed by atoms with E-state index in [2.05, 4.69) is 28.2 Å². The van der Waals surface area contributed by atoms with Gasteiger partial charge in [0.1, 0.15) is 0 Å². The number of aromatic nitrogens is 1. The van der Waals surface area contributed by atoms with Crippen LogP contribution in [0.15, 0.2) is 64.7 Å². The Labute approximate surface area is 114 Å². The highest BCUT2D eigenvalue weighted by Crippen LogP contribution is 2.31. The van der Waals surface area contributed by atoms with Crippen LogP contribution in [-0.2, 0) is 0 Å². The van der Waals surface area contributed by atoms with Crippen LogP contribution in [0.2, 0.25) is 0 Å². The molecule has 0 bridgehead atoms. The van der Waals surface area contributed by atoms with Gasteiger partial charge in [-0.15, -0.1) is 0 Å². The summed E-state index contributed by atoms with van der Waals surface area (Å²) in [6, 6.07) is 16.3. The number of benzene rings is 2. The first kappa shape index (κ1) is 10.0. The SMILES string of the molecule is c1cnc2c(c1)N=c1c-2ccc2c1=c1ccccc1=N2. The van der Waals surface area contributed by atoms with E-state index in [0.29, 0.717) is 0 Å². The van der Waals surface area contributed by atoms with E-state index in [1.54, 1.807) is 0 Å². The maximum absolute atomic E-state index is 4.76. The van der Waals surface area contributed by atoms with Crippen LogP contribution in [0.3, 0.4) is 0 Å². The second-order valence-corrected chi connectivity index (χ2v) is 4.97. The van der Waals surface area contributed by atoms with E-state index in [1.165, 1.54) is 0 Å². The lowest BCUT2D eigenvalue weighted by Crippen LogP contribution is -2.05. The number of nitrogens with zero attached hydrogens (tertiary/aromatic N) is 3. The summed E-state index contributed by atoms with van der Waals surface area (Å²) in [6.07, 6.45) is 1.81. The minimum Gasteiger partial charge on any atom is -0.254 e. The summed E-state index contributed by atoms with van der Waals surface area (Å²) in [6.45, 7) is 0. The number of hydrogen-bond donors (Lipinski definition) is 0. The molecular weight excluding hydrogens is 246 g/mol. The van der Waals surface area contributed by atoms with Gasteiger partial charge in [-0.05, 0) is 30.3 Å². The number of fused-ring (bicyclic) bond motifs is 6. The van der Waals surface area contributed by atoms with Crippen molar-refractivity contribution in [2.75, 3.05) is 0 Å². The highest BCUT2D eigenvalue weighted by Gasteiger charge is 2.18. The molecule has 3 nitrogen and oxygen atoms in total. The Morgan fingerprint density at radius 3 is 2.70 bits per heavy atom. The van der Waals surface area contributed by atoms with E-state index in [9.17, 15) is 0 Å². The molecule has 0 unspecified atom stereocenters. The molecule has 0 saturated heterocycles. The Kier molecular flexibility index (Phi) is 1.70. The lowest BCUT2D eigenvalue weighted by atomic mass is 10.1. The molecule has 0 saturated carbocycles. The summed E-state index contributed by atoms with van der Waals surface area (Å²) >= 11 is 0. The van der Waals surface area contributed by atoms with Crippen LogP contribution in [-0.4, -0.2) is 4.98 Å². The molecule has 0 amide bonds. The summed E-state index contributed by atoms with van der Waals surface area (Å²) in [4.78, 5) is 13.9. The van der Waals surface area contributed by atoms with Crippen LogP contribution in [0, 0.1) is 10.4 Å². The molecule has 2 aliphatic rings. The molecule has 0 N–H and O–H groups in total. The van der Waals surface area contributed by atoms with Gasteiger partial charge in [-0.3, -0.25) is 4.98 Å². The molecule has 0 radical (unpaired) electrons. The van der Waals surface area contributed by atoms with Crippen LogP contribution in [0.4, 0.5) is 11.4 Å². The Morgan fingerprint density at radius 1 is 0.750 bits per heavy atom. The first-order chi connectivity index (χ1) is 9.92. The molecule has 92 valence electrons. The summed E-state index contributed by atoms with van der Waals surface area (Å²) in [7, 11) is 0. The molecular formula is C17H9N3. The second-order valence-electron chi connectivity index (χ2n) is 4.97. The third-order valence-corrected chi connectivity index (χ3v) is 3.84. The maximum Gasteiger partial charge on any atom is 0.0980 e. The molecule has 2 aromatic carbocycles. The van der Waals surface area contributed by atoms with Crippen LogP contribution in [0.1, 0.15) is 0 Å². The molecule has 2 aliphatic heterocycles. The van der Waals surface area contributed by atoms with Crippen molar-refractivity contribution in [1.82, 2.24) is 4.98 Å². The van der Waals surface area contributed by atoms with Crippen molar-refractivity contribution in [2.45, 2.75) is 0 Å². The zero-order valence-corrected chi connectivity index (χ0v) is 10.5. The van der Waals surface area contributed by atoms with Crippen molar-refractivity contribution in [1.29, 1.82) is 0 Å². The predicted octanol–water partition coefficient (Wildman–Crippen LogP) is 2.56. The summed E-state index contributed by atoms with van der Waals surface area (Å²) < 4.78 is 0. The Hall–Kier alpha value is -2.81. The van der Waals surface area contributed by atoms with Crippen LogP contribution in [0.5, 0.6) is 0 Å². The smallest absolute Gasteiger partial charge is 0.0980 e.